The average Bonchev–Trinajstić information content (AvgIpc) is 2.46. The molecular formula is C17H20N2O2S. The second-order valence-electron chi connectivity index (χ2n) is 5.46. The lowest BCUT2D eigenvalue weighted by molar-refractivity contribution is 0.592. The monoisotopic (exact) mass is 316 g/mol. The quantitative estimate of drug-likeness (QED) is 0.646. The molecule has 5 heteroatoms. The van der Waals surface area contributed by atoms with E-state index in [-0.39, 0.29) is 4.90 Å². The van der Waals surface area contributed by atoms with E-state index in [1.807, 2.05) is 38.1 Å². The molecule has 0 saturated heterocycles. The zero-order chi connectivity index (χ0) is 16.3. The number of aryl methyl sites for hydroxylation is 2. The topological polar surface area (TPSA) is 49.7 Å². The summed E-state index contributed by atoms with van der Waals surface area (Å²) < 4.78 is 29.0. The van der Waals surface area contributed by atoms with Gasteiger partial charge < -0.3 is 4.90 Å². The molecule has 0 radical (unpaired) electrons. The molecule has 22 heavy (non-hydrogen) atoms. The van der Waals surface area contributed by atoms with Crippen LogP contribution in [0.2, 0.25) is 0 Å². The molecule has 0 N–H and O–H groups in total. The lowest BCUT2D eigenvalue weighted by Crippen LogP contribution is -2.24. The van der Waals surface area contributed by atoms with E-state index in [1.54, 1.807) is 43.3 Å². The van der Waals surface area contributed by atoms with Crippen LogP contribution < -0.4 is 0 Å². The summed E-state index contributed by atoms with van der Waals surface area (Å²) in [6.07, 6.45) is 0. The van der Waals surface area contributed by atoms with E-state index in [0.29, 0.717) is 5.84 Å². The van der Waals surface area contributed by atoms with Crippen LogP contribution in [0.4, 0.5) is 0 Å². The van der Waals surface area contributed by atoms with Crippen molar-refractivity contribution in [3.05, 3.63) is 65.2 Å². The lowest BCUT2D eigenvalue weighted by atomic mass is 10.1. The summed E-state index contributed by atoms with van der Waals surface area (Å²) in [5, 5.41) is 0. The minimum atomic E-state index is -3.73. The summed E-state index contributed by atoms with van der Waals surface area (Å²) >= 11 is 0. The predicted octanol–water partition coefficient (Wildman–Crippen LogP) is 3.00. The summed E-state index contributed by atoms with van der Waals surface area (Å²) in [5.74, 6) is 0.417. The zero-order valence-corrected chi connectivity index (χ0v) is 14.1. The molecule has 0 bridgehead atoms. The van der Waals surface area contributed by atoms with Crippen LogP contribution in [-0.2, 0) is 10.0 Å². The Bertz CT molecular complexity index is 774. The normalized spacial score (nSPS) is 12.3. The molecule has 0 amide bonds. The summed E-state index contributed by atoms with van der Waals surface area (Å²) in [6.45, 7) is 3.90. The highest BCUT2D eigenvalue weighted by atomic mass is 32.2. The molecular weight excluding hydrogens is 296 g/mol. The van der Waals surface area contributed by atoms with Gasteiger partial charge in [-0.1, -0.05) is 47.5 Å². The highest BCUT2D eigenvalue weighted by Crippen LogP contribution is 2.16. The predicted molar refractivity (Wildman–Crippen MR) is 89.8 cm³/mol. The van der Waals surface area contributed by atoms with Crippen molar-refractivity contribution in [2.75, 3.05) is 14.1 Å². The molecule has 0 fully saturated rings. The van der Waals surface area contributed by atoms with Gasteiger partial charge in [0.2, 0.25) is 0 Å². The number of amidine groups is 1. The Balaban J connectivity index is 2.49. The van der Waals surface area contributed by atoms with Gasteiger partial charge in [-0.2, -0.15) is 8.42 Å². The molecule has 0 aliphatic carbocycles. The molecule has 2 aromatic rings. The maximum Gasteiger partial charge on any atom is 0.284 e. The fourth-order valence-corrected chi connectivity index (χ4v) is 3.05. The van der Waals surface area contributed by atoms with Crippen molar-refractivity contribution in [1.82, 2.24) is 4.90 Å². The minimum absolute atomic E-state index is 0.199. The number of benzene rings is 2. The van der Waals surface area contributed by atoms with Crippen molar-refractivity contribution in [2.45, 2.75) is 18.7 Å². The van der Waals surface area contributed by atoms with E-state index in [9.17, 15) is 8.42 Å². The molecule has 0 heterocycles. The van der Waals surface area contributed by atoms with Crippen molar-refractivity contribution in [1.29, 1.82) is 0 Å². The molecule has 0 saturated carbocycles. The molecule has 116 valence electrons. The third kappa shape index (κ3) is 3.74. The SMILES string of the molecule is Cc1ccc(C(=NS(=O)(=O)c2ccc(C)cc2)N(C)C)cc1. The Kier molecular flexibility index (Phi) is 4.66. The molecule has 0 aromatic heterocycles. The number of nitrogens with zero attached hydrogens (tertiary/aromatic N) is 2. The Labute approximate surface area is 132 Å². The molecule has 4 nitrogen and oxygen atoms in total. The van der Waals surface area contributed by atoms with Crippen LogP contribution in [-0.4, -0.2) is 33.2 Å². The molecule has 0 unspecified atom stereocenters. The molecule has 0 spiro atoms. The van der Waals surface area contributed by atoms with Crippen LogP contribution >= 0.6 is 0 Å². The van der Waals surface area contributed by atoms with Gasteiger partial charge in [0, 0.05) is 19.7 Å². The first kappa shape index (κ1) is 16.2. The largest absolute Gasteiger partial charge is 0.362 e. The van der Waals surface area contributed by atoms with Crippen LogP contribution in [0.25, 0.3) is 0 Å². The standard InChI is InChI=1S/C17H20N2O2S/c1-13-5-9-15(10-6-13)17(19(3)4)18-22(20,21)16-11-7-14(2)8-12-16/h5-12H,1-4H3. The zero-order valence-electron chi connectivity index (χ0n) is 13.2. The molecule has 0 aliphatic heterocycles. The van der Waals surface area contributed by atoms with E-state index < -0.39 is 10.0 Å². The smallest absolute Gasteiger partial charge is 0.284 e. The van der Waals surface area contributed by atoms with Gasteiger partial charge in [0.05, 0.1) is 4.90 Å². The maximum absolute atomic E-state index is 12.5. The van der Waals surface area contributed by atoms with Crippen LogP contribution in [0.1, 0.15) is 16.7 Å². The summed E-state index contributed by atoms with van der Waals surface area (Å²) in [7, 11) is -0.171. The highest BCUT2D eigenvalue weighted by molar-refractivity contribution is 7.90. The van der Waals surface area contributed by atoms with Gasteiger partial charge in [-0.05, 0) is 26.0 Å². The van der Waals surface area contributed by atoms with Crippen LogP contribution in [0.5, 0.6) is 0 Å². The van der Waals surface area contributed by atoms with Gasteiger partial charge in [0.25, 0.3) is 10.0 Å². The second-order valence-corrected chi connectivity index (χ2v) is 7.07. The van der Waals surface area contributed by atoms with E-state index >= 15 is 0 Å². The Morgan fingerprint density at radius 2 is 1.32 bits per heavy atom. The van der Waals surface area contributed by atoms with E-state index in [4.69, 9.17) is 0 Å². The Morgan fingerprint density at radius 1 is 0.864 bits per heavy atom. The number of hydrogen-bond donors (Lipinski definition) is 0. The van der Waals surface area contributed by atoms with Crippen LogP contribution in [0.15, 0.2) is 57.8 Å². The number of sulfonamides is 1. The average molecular weight is 316 g/mol. The first-order chi connectivity index (χ1) is 10.3. The van der Waals surface area contributed by atoms with Crippen molar-refractivity contribution in [3.8, 4) is 0 Å². The highest BCUT2D eigenvalue weighted by Gasteiger charge is 2.16. The fraction of sp³-hybridized carbons (Fsp3) is 0.235. The van der Waals surface area contributed by atoms with Gasteiger partial charge in [-0.15, -0.1) is 4.40 Å². The fourth-order valence-electron chi connectivity index (χ4n) is 1.97. The van der Waals surface area contributed by atoms with Gasteiger partial charge >= 0.3 is 0 Å². The van der Waals surface area contributed by atoms with Crippen molar-refractivity contribution in [2.24, 2.45) is 4.40 Å². The van der Waals surface area contributed by atoms with Crippen LogP contribution in [0, 0.1) is 13.8 Å². The molecule has 2 aromatic carbocycles. The summed E-state index contributed by atoms with van der Waals surface area (Å²) in [6, 6.07) is 14.3. The third-order valence-electron chi connectivity index (χ3n) is 3.26. The van der Waals surface area contributed by atoms with Gasteiger partial charge in [0.1, 0.15) is 5.84 Å². The van der Waals surface area contributed by atoms with Crippen molar-refractivity contribution in [3.63, 3.8) is 0 Å². The lowest BCUT2D eigenvalue weighted by Gasteiger charge is -2.16. The number of rotatable bonds is 3. The van der Waals surface area contributed by atoms with Gasteiger partial charge in [-0.25, -0.2) is 0 Å². The Hall–Kier alpha value is -2.14. The third-order valence-corrected chi connectivity index (χ3v) is 4.54. The molecule has 0 aliphatic rings. The Morgan fingerprint density at radius 3 is 1.77 bits per heavy atom. The first-order valence-electron chi connectivity index (χ1n) is 6.95. The van der Waals surface area contributed by atoms with E-state index in [2.05, 4.69) is 4.40 Å². The van der Waals surface area contributed by atoms with E-state index in [0.717, 1.165) is 16.7 Å². The molecule has 0 atom stereocenters. The maximum atomic E-state index is 12.5. The van der Waals surface area contributed by atoms with Crippen LogP contribution in [0.3, 0.4) is 0 Å². The summed E-state index contributed by atoms with van der Waals surface area (Å²) in [4.78, 5) is 1.90. The van der Waals surface area contributed by atoms with Gasteiger partial charge in [0.15, 0.2) is 0 Å². The number of hydrogen-bond acceptors (Lipinski definition) is 2. The van der Waals surface area contributed by atoms with E-state index in [1.165, 1.54) is 0 Å². The van der Waals surface area contributed by atoms with Gasteiger partial charge in [-0.3, -0.25) is 0 Å². The minimum Gasteiger partial charge on any atom is -0.362 e. The summed E-state index contributed by atoms with van der Waals surface area (Å²) in [5.41, 5.74) is 2.89. The van der Waals surface area contributed by atoms with Crippen molar-refractivity contribution >= 4 is 15.9 Å². The second kappa shape index (κ2) is 6.32. The van der Waals surface area contributed by atoms with Crippen molar-refractivity contribution < 1.29 is 8.42 Å². The molecule has 2 rings (SSSR count). The first-order valence-corrected chi connectivity index (χ1v) is 8.39.